The first-order valence-corrected chi connectivity index (χ1v) is 8.94. The van der Waals surface area contributed by atoms with E-state index < -0.39 is 5.97 Å². The molecule has 0 spiro atoms. The van der Waals surface area contributed by atoms with E-state index in [1.165, 1.54) is 4.90 Å². The Labute approximate surface area is 155 Å². The lowest BCUT2D eigenvalue weighted by Crippen LogP contribution is -2.30. The molecule has 0 radical (unpaired) electrons. The molecule has 6 nitrogen and oxygen atoms in total. The molecule has 0 saturated carbocycles. The van der Waals surface area contributed by atoms with Crippen molar-refractivity contribution in [2.45, 2.75) is 13.5 Å². The van der Waals surface area contributed by atoms with Gasteiger partial charge in [0, 0.05) is 19.2 Å². The first-order chi connectivity index (χ1) is 12.5. The number of aromatic nitrogens is 1. The second-order valence-corrected chi connectivity index (χ2v) is 6.53. The summed E-state index contributed by atoms with van der Waals surface area (Å²) in [5.41, 5.74) is 1.88. The highest BCUT2D eigenvalue weighted by Crippen LogP contribution is 2.21. The van der Waals surface area contributed by atoms with E-state index in [1.54, 1.807) is 25.3 Å². The maximum Gasteiger partial charge on any atom is 0.361 e. The highest BCUT2D eigenvalue weighted by Gasteiger charge is 2.21. The molecule has 0 saturated heterocycles. The van der Waals surface area contributed by atoms with Crippen molar-refractivity contribution < 1.29 is 18.7 Å². The molecule has 134 valence electrons. The van der Waals surface area contributed by atoms with Gasteiger partial charge in [0.15, 0.2) is 12.3 Å². The molecule has 1 aromatic carbocycles. The molecule has 0 aliphatic rings. The smallest absolute Gasteiger partial charge is 0.361 e. The first-order valence-electron chi connectivity index (χ1n) is 7.99. The topological polar surface area (TPSA) is 72.6 Å². The molecule has 0 N–H and O–H groups in total. The molecule has 0 fully saturated rings. The van der Waals surface area contributed by atoms with Gasteiger partial charge in [0.05, 0.1) is 0 Å². The van der Waals surface area contributed by atoms with E-state index in [9.17, 15) is 9.59 Å². The number of hydrogen-bond donors (Lipinski definition) is 0. The van der Waals surface area contributed by atoms with Crippen molar-refractivity contribution in [2.24, 2.45) is 0 Å². The Bertz CT molecular complexity index is 888. The second-order valence-electron chi connectivity index (χ2n) is 5.75. The molecule has 3 aromatic rings. The summed E-state index contributed by atoms with van der Waals surface area (Å²) in [7, 11) is 1.67. The zero-order valence-electron chi connectivity index (χ0n) is 14.5. The minimum absolute atomic E-state index is 0.0807. The average molecular weight is 370 g/mol. The average Bonchev–Trinajstić information content (AvgIpc) is 3.29. The van der Waals surface area contributed by atoms with Crippen LogP contribution in [0.2, 0.25) is 0 Å². The van der Waals surface area contributed by atoms with Crippen molar-refractivity contribution in [3.8, 4) is 11.5 Å². The zero-order valence-corrected chi connectivity index (χ0v) is 15.3. The van der Waals surface area contributed by atoms with Gasteiger partial charge in [-0.05, 0) is 41.4 Å². The van der Waals surface area contributed by atoms with Crippen LogP contribution in [0.3, 0.4) is 0 Å². The van der Waals surface area contributed by atoms with Crippen LogP contribution in [0.5, 0.6) is 0 Å². The van der Waals surface area contributed by atoms with Crippen molar-refractivity contribution in [1.29, 1.82) is 0 Å². The van der Waals surface area contributed by atoms with Gasteiger partial charge in [0.2, 0.25) is 5.89 Å². The maximum absolute atomic E-state index is 12.2. The molecule has 0 aliphatic heterocycles. The first kappa shape index (κ1) is 17.9. The molecule has 7 heteroatoms. The highest BCUT2D eigenvalue weighted by molar-refractivity contribution is 7.07. The fourth-order valence-corrected chi connectivity index (χ4v) is 3.00. The number of carbonyl (C=O) groups excluding carboxylic acids is 2. The standard InChI is InChI=1S/C19H18N2O4S/c1-13-17(20-18(25-13)15-6-4-3-5-7-15)19(23)24-11-16(22)21(2)10-14-8-9-26-12-14/h3-9,12H,10-11H2,1-2H3. The number of hydrogen-bond acceptors (Lipinski definition) is 6. The van der Waals surface area contributed by atoms with E-state index in [0.717, 1.165) is 11.1 Å². The molecule has 2 aromatic heterocycles. The number of likely N-dealkylation sites (N-methyl/N-ethyl adjacent to an activating group) is 1. The van der Waals surface area contributed by atoms with Gasteiger partial charge in [0.1, 0.15) is 5.76 Å². The quantitative estimate of drug-likeness (QED) is 0.621. The number of rotatable bonds is 6. The molecule has 3 rings (SSSR count). The molecule has 1 amide bonds. The lowest BCUT2D eigenvalue weighted by Gasteiger charge is -2.16. The van der Waals surface area contributed by atoms with E-state index >= 15 is 0 Å². The van der Waals surface area contributed by atoms with Gasteiger partial charge in [-0.2, -0.15) is 11.3 Å². The van der Waals surface area contributed by atoms with Crippen LogP contribution >= 0.6 is 11.3 Å². The predicted octanol–water partition coefficient (Wildman–Crippen LogP) is 3.53. The summed E-state index contributed by atoms with van der Waals surface area (Å²) in [6, 6.07) is 11.2. The Balaban J connectivity index is 1.60. The number of aryl methyl sites for hydroxylation is 1. The van der Waals surface area contributed by atoms with Crippen molar-refractivity contribution in [1.82, 2.24) is 9.88 Å². The lowest BCUT2D eigenvalue weighted by atomic mass is 10.2. The van der Waals surface area contributed by atoms with Crippen LogP contribution in [0.4, 0.5) is 0 Å². The van der Waals surface area contributed by atoms with Gasteiger partial charge in [-0.3, -0.25) is 4.79 Å². The molecular weight excluding hydrogens is 352 g/mol. The number of thiophene rings is 1. The molecule has 0 aliphatic carbocycles. The molecule has 0 bridgehead atoms. The van der Waals surface area contributed by atoms with Crippen molar-refractivity contribution in [2.75, 3.05) is 13.7 Å². The molecule has 0 atom stereocenters. The van der Waals surface area contributed by atoms with Crippen LogP contribution in [-0.2, 0) is 16.1 Å². The third-order valence-electron chi connectivity index (χ3n) is 3.76. The third-order valence-corrected chi connectivity index (χ3v) is 4.50. The number of amides is 1. The number of ether oxygens (including phenoxy) is 1. The summed E-state index contributed by atoms with van der Waals surface area (Å²) in [6.07, 6.45) is 0. The van der Waals surface area contributed by atoms with Crippen molar-refractivity contribution in [3.05, 3.63) is 64.2 Å². The van der Waals surface area contributed by atoms with Gasteiger partial charge in [-0.1, -0.05) is 18.2 Å². The second kappa shape index (κ2) is 7.97. The summed E-state index contributed by atoms with van der Waals surface area (Å²) >= 11 is 1.57. The highest BCUT2D eigenvalue weighted by atomic mass is 32.1. The number of carbonyl (C=O) groups is 2. The number of esters is 1. The van der Waals surface area contributed by atoms with Crippen LogP contribution in [0, 0.1) is 6.92 Å². The Morgan fingerprint density at radius 2 is 2.00 bits per heavy atom. The summed E-state index contributed by atoms with van der Waals surface area (Å²) in [4.78, 5) is 30.1. The Kier molecular flexibility index (Phi) is 5.48. The Morgan fingerprint density at radius 1 is 1.23 bits per heavy atom. The summed E-state index contributed by atoms with van der Waals surface area (Å²) < 4.78 is 10.7. The zero-order chi connectivity index (χ0) is 18.5. The SMILES string of the molecule is Cc1oc(-c2ccccc2)nc1C(=O)OCC(=O)N(C)Cc1ccsc1. The molecular formula is C19H18N2O4S. The minimum atomic E-state index is -0.675. The van der Waals surface area contributed by atoms with Crippen LogP contribution in [-0.4, -0.2) is 35.4 Å². The largest absolute Gasteiger partial charge is 0.451 e. The number of benzene rings is 1. The fourth-order valence-electron chi connectivity index (χ4n) is 2.34. The normalized spacial score (nSPS) is 10.5. The number of oxazole rings is 1. The maximum atomic E-state index is 12.2. The van der Waals surface area contributed by atoms with Gasteiger partial charge in [-0.15, -0.1) is 0 Å². The van der Waals surface area contributed by atoms with Crippen LogP contribution in [0.25, 0.3) is 11.5 Å². The van der Waals surface area contributed by atoms with E-state index in [4.69, 9.17) is 9.15 Å². The van der Waals surface area contributed by atoms with Gasteiger partial charge in [0.25, 0.3) is 5.91 Å². The van der Waals surface area contributed by atoms with E-state index in [0.29, 0.717) is 18.2 Å². The predicted molar refractivity (Wildman–Crippen MR) is 97.8 cm³/mol. The van der Waals surface area contributed by atoms with Crippen LogP contribution in [0.15, 0.2) is 51.6 Å². The monoisotopic (exact) mass is 370 g/mol. The van der Waals surface area contributed by atoms with Crippen molar-refractivity contribution >= 4 is 23.2 Å². The third kappa shape index (κ3) is 4.18. The van der Waals surface area contributed by atoms with Gasteiger partial charge < -0.3 is 14.1 Å². The van der Waals surface area contributed by atoms with Crippen molar-refractivity contribution in [3.63, 3.8) is 0 Å². The summed E-state index contributed by atoms with van der Waals surface area (Å²) in [5.74, 6) is -0.261. The van der Waals surface area contributed by atoms with Crippen LogP contribution in [0.1, 0.15) is 21.8 Å². The van der Waals surface area contributed by atoms with E-state index in [-0.39, 0.29) is 18.2 Å². The minimum Gasteiger partial charge on any atom is -0.451 e. The lowest BCUT2D eigenvalue weighted by molar-refractivity contribution is -0.133. The van der Waals surface area contributed by atoms with Crippen LogP contribution < -0.4 is 0 Å². The number of nitrogens with zero attached hydrogens (tertiary/aromatic N) is 2. The van der Waals surface area contributed by atoms with Gasteiger partial charge >= 0.3 is 5.97 Å². The van der Waals surface area contributed by atoms with E-state index in [2.05, 4.69) is 4.98 Å². The molecule has 26 heavy (non-hydrogen) atoms. The van der Waals surface area contributed by atoms with E-state index in [1.807, 2.05) is 47.2 Å². The van der Waals surface area contributed by atoms with Gasteiger partial charge in [-0.25, -0.2) is 9.78 Å². The summed E-state index contributed by atoms with van der Waals surface area (Å²) in [6.45, 7) is 1.77. The Hall–Kier alpha value is -2.93. The summed E-state index contributed by atoms with van der Waals surface area (Å²) in [5, 5.41) is 3.92. The molecule has 2 heterocycles. The fraction of sp³-hybridized carbons (Fsp3) is 0.211. The Morgan fingerprint density at radius 3 is 2.69 bits per heavy atom. The molecule has 0 unspecified atom stereocenters.